The van der Waals surface area contributed by atoms with Crippen LogP contribution in [0.4, 0.5) is 10.6 Å². The molecule has 4 heterocycles. The number of carbonyl (C=O) groups is 1. The van der Waals surface area contributed by atoms with Crippen molar-refractivity contribution >= 4 is 33.8 Å². The molecule has 3 aromatic heterocycles. The fraction of sp³-hybridized carbons (Fsp3) is 0.333. The maximum Gasteiger partial charge on any atom is 0.410 e. The number of amides is 1. The van der Waals surface area contributed by atoms with E-state index < -0.39 is 11.7 Å². The number of aliphatic hydroxyl groups is 1. The van der Waals surface area contributed by atoms with Crippen molar-refractivity contribution in [2.75, 3.05) is 18.5 Å². The highest BCUT2D eigenvalue weighted by Crippen LogP contribution is 2.42. The minimum atomic E-state index is -1.22. The van der Waals surface area contributed by atoms with Gasteiger partial charge in [0.05, 0.1) is 28.2 Å². The second kappa shape index (κ2) is 10.0. The minimum Gasteiger partial charge on any atom is -0.465 e. The number of pyridine rings is 1. The van der Waals surface area contributed by atoms with E-state index in [2.05, 4.69) is 50.5 Å². The van der Waals surface area contributed by atoms with Crippen molar-refractivity contribution in [1.29, 1.82) is 0 Å². The van der Waals surface area contributed by atoms with Gasteiger partial charge in [-0.15, -0.1) is 5.10 Å². The highest BCUT2D eigenvalue weighted by molar-refractivity contribution is 6.07. The summed E-state index contributed by atoms with van der Waals surface area (Å²) >= 11 is 0. The predicted molar refractivity (Wildman–Crippen MR) is 152 cm³/mol. The first kappa shape index (κ1) is 26.0. The van der Waals surface area contributed by atoms with E-state index in [1.807, 2.05) is 24.3 Å². The number of hydrogen-bond acceptors (Lipinski definition) is 6. The second-order valence-electron chi connectivity index (χ2n) is 10.9. The van der Waals surface area contributed by atoms with Crippen LogP contribution in [0.25, 0.3) is 33.2 Å². The Balaban J connectivity index is 1.67. The molecule has 6 rings (SSSR count). The molecule has 10 heteroatoms. The summed E-state index contributed by atoms with van der Waals surface area (Å²) in [4.78, 5) is 16.3. The fourth-order valence-electron chi connectivity index (χ4n) is 5.90. The third kappa shape index (κ3) is 4.59. The Kier molecular flexibility index (Phi) is 6.52. The smallest absolute Gasteiger partial charge is 0.410 e. The van der Waals surface area contributed by atoms with Crippen molar-refractivity contribution in [3.63, 3.8) is 0 Å². The predicted octanol–water partition coefficient (Wildman–Crippen LogP) is 5.32. The highest BCUT2D eigenvalue weighted by Gasteiger charge is 2.31. The molecule has 1 unspecified atom stereocenters. The Morgan fingerprint density at radius 1 is 1.10 bits per heavy atom. The number of aromatic nitrogens is 5. The molecule has 1 aliphatic heterocycles. The van der Waals surface area contributed by atoms with Crippen molar-refractivity contribution in [3.8, 4) is 11.3 Å². The molecule has 0 saturated carbocycles. The third-order valence-corrected chi connectivity index (χ3v) is 7.80. The first-order valence-electron chi connectivity index (χ1n) is 13.4. The molecule has 206 valence electrons. The zero-order chi connectivity index (χ0) is 28.0. The lowest BCUT2D eigenvalue weighted by Crippen LogP contribution is -2.27. The molecule has 0 radical (unpaired) electrons. The van der Waals surface area contributed by atoms with Gasteiger partial charge in [0.1, 0.15) is 5.69 Å². The molecule has 40 heavy (non-hydrogen) atoms. The Labute approximate surface area is 231 Å². The first-order chi connectivity index (χ1) is 19.2. The van der Waals surface area contributed by atoms with E-state index in [1.54, 1.807) is 31.8 Å². The van der Waals surface area contributed by atoms with Crippen molar-refractivity contribution in [2.45, 2.75) is 38.3 Å². The van der Waals surface area contributed by atoms with Crippen LogP contribution >= 0.6 is 0 Å². The molecule has 5 aromatic rings. The van der Waals surface area contributed by atoms with E-state index in [0.29, 0.717) is 30.4 Å². The average molecular weight is 541 g/mol. The Hall–Kier alpha value is -4.28. The number of aryl methyl sites for hydroxylation is 1. The normalized spacial score (nSPS) is 15.5. The molecule has 0 aliphatic carbocycles. The summed E-state index contributed by atoms with van der Waals surface area (Å²) in [5, 5.41) is 31.7. The molecular formula is C30H32N6O4. The number of fused-ring (bicyclic) bond motifs is 3. The van der Waals surface area contributed by atoms with E-state index >= 15 is 0 Å². The van der Waals surface area contributed by atoms with E-state index in [4.69, 9.17) is 9.72 Å². The molecule has 1 atom stereocenters. The average Bonchev–Trinajstić information content (AvgIpc) is 3.45. The van der Waals surface area contributed by atoms with Crippen molar-refractivity contribution in [3.05, 3.63) is 71.9 Å². The number of anilines is 1. The van der Waals surface area contributed by atoms with Crippen LogP contribution in [0.1, 0.15) is 43.9 Å². The van der Waals surface area contributed by atoms with E-state index in [0.717, 1.165) is 40.3 Å². The van der Waals surface area contributed by atoms with Crippen molar-refractivity contribution < 1.29 is 19.7 Å². The molecular weight excluding hydrogens is 508 g/mol. The third-order valence-electron chi connectivity index (χ3n) is 7.80. The number of nitrogens with zero attached hydrogens (tertiary/aromatic N) is 5. The molecule has 0 spiro atoms. The Morgan fingerprint density at radius 3 is 2.55 bits per heavy atom. The van der Waals surface area contributed by atoms with Gasteiger partial charge < -0.3 is 19.5 Å². The van der Waals surface area contributed by atoms with Crippen LogP contribution in [0.15, 0.2) is 60.8 Å². The van der Waals surface area contributed by atoms with Gasteiger partial charge in [-0.05, 0) is 55.9 Å². The van der Waals surface area contributed by atoms with Crippen LogP contribution in [-0.2, 0) is 17.4 Å². The lowest BCUT2D eigenvalue weighted by atomic mass is 9.86. The summed E-state index contributed by atoms with van der Waals surface area (Å²) in [6.07, 6.45) is 2.34. The van der Waals surface area contributed by atoms with Gasteiger partial charge in [-0.3, -0.25) is 10.3 Å². The van der Waals surface area contributed by atoms with Crippen molar-refractivity contribution in [1.82, 2.24) is 24.5 Å². The number of carboxylic acid groups (broad SMARTS) is 1. The molecule has 1 aliphatic rings. The van der Waals surface area contributed by atoms with E-state index in [1.165, 1.54) is 5.56 Å². The molecule has 1 fully saturated rings. The van der Waals surface area contributed by atoms with Gasteiger partial charge in [0.2, 0.25) is 0 Å². The number of nitrogens with one attached hydrogen (secondary N) is 1. The lowest BCUT2D eigenvalue weighted by molar-refractivity contribution is 0.0552. The summed E-state index contributed by atoms with van der Waals surface area (Å²) in [5.41, 5.74) is 4.90. The van der Waals surface area contributed by atoms with Gasteiger partial charge in [0, 0.05) is 37.4 Å². The van der Waals surface area contributed by atoms with Crippen LogP contribution in [0, 0.1) is 5.92 Å². The minimum absolute atomic E-state index is 0.0134. The Morgan fingerprint density at radius 2 is 1.85 bits per heavy atom. The van der Waals surface area contributed by atoms with Crippen LogP contribution < -0.4 is 5.32 Å². The molecule has 10 nitrogen and oxygen atoms in total. The van der Waals surface area contributed by atoms with E-state index in [9.17, 15) is 15.0 Å². The topological polar surface area (TPSA) is 127 Å². The summed E-state index contributed by atoms with van der Waals surface area (Å²) < 4.78 is 9.63. The number of rotatable bonds is 6. The number of hydrogen-bond donors (Lipinski definition) is 3. The van der Waals surface area contributed by atoms with Crippen LogP contribution in [0.2, 0.25) is 0 Å². The molecule has 1 saturated heterocycles. The van der Waals surface area contributed by atoms with Gasteiger partial charge in [0.25, 0.3) is 0 Å². The highest BCUT2D eigenvalue weighted by atomic mass is 16.5. The first-order valence-corrected chi connectivity index (χ1v) is 13.4. The zero-order valence-electron chi connectivity index (χ0n) is 22.7. The fourth-order valence-corrected chi connectivity index (χ4v) is 5.90. The largest absolute Gasteiger partial charge is 0.465 e. The standard InChI is InChI=1S/C30H32N6O4/c1-30(2,39)21-9-10-22-23(16-21)36(26(18-7-5-4-6-8-18)19-11-13-40-14-12-19)24-15-20(17-31-25(22)24)27-28(32-29(37)38)33-34-35(27)3/h4-10,15-17,19,26,32,39H,11-14H2,1-3H3,(H,37,38). The van der Waals surface area contributed by atoms with Crippen LogP contribution in [0.3, 0.4) is 0 Å². The zero-order valence-corrected chi connectivity index (χ0v) is 22.7. The van der Waals surface area contributed by atoms with Gasteiger partial charge in [0.15, 0.2) is 5.82 Å². The summed E-state index contributed by atoms with van der Waals surface area (Å²) in [6, 6.07) is 18.5. The molecule has 3 N–H and O–H groups in total. The lowest BCUT2D eigenvalue weighted by Gasteiger charge is -2.33. The molecule has 0 bridgehead atoms. The summed E-state index contributed by atoms with van der Waals surface area (Å²) in [5.74, 6) is 0.458. The number of ether oxygens (including phenoxy) is 1. The van der Waals surface area contributed by atoms with Gasteiger partial charge in [-0.1, -0.05) is 47.7 Å². The monoisotopic (exact) mass is 540 g/mol. The summed E-state index contributed by atoms with van der Waals surface area (Å²) in [6.45, 7) is 4.98. The van der Waals surface area contributed by atoms with Gasteiger partial charge in [-0.25, -0.2) is 9.48 Å². The molecule has 2 aromatic carbocycles. The van der Waals surface area contributed by atoms with E-state index in [-0.39, 0.29) is 11.9 Å². The van der Waals surface area contributed by atoms with Crippen molar-refractivity contribution in [2.24, 2.45) is 13.0 Å². The Bertz CT molecular complexity index is 1700. The SMILES string of the molecule is Cn1nnc(NC(=O)O)c1-c1cnc2c3ccc(C(C)(C)O)cc3n(C(c3ccccc3)C3CCOCC3)c2c1. The van der Waals surface area contributed by atoms with Gasteiger partial charge in [-0.2, -0.15) is 0 Å². The molecule has 1 amide bonds. The van der Waals surface area contributed by atoms with Crippen LogP contribution in [0.5, 0.6) is 0 Å². The number of benzene rings is 2. The maximum atomic E-state index is 11.4. The van der Waals surface area contributed by atoms with Crippen LogP contribution in [-0.4, -0.2) is 54.1 Å². The maximum absolute atomic E-state index is 11.4. The van der Waals surface area contributed by atoms with Gasteiger partial charge >= 0.3 is 6.09 Å². The second-order valence-corrected chi connectivity index (χ2v) is 10.9. The summed E-state index contributed by atoms with van der Waals surface area (Å²) in [7, 11) is 1.72. The quantitative estimate of drug-likeness (QED) is 0.266.